The Morgan fingerprint density at radius 2 is 0.710 bits per heavy atom. The van der Waals surface area contributed by atoms with Gasteiger partial charge < -0.3 is 0 Å². The molecule has 304 valence electrons. The maximum atomic E-state index is 2.30. The van der Waals surface area contributed by atoms with Crippen LogP contribution in [0, 0.1) is 0 Å². The van der Waals surface area contributed by atoms with Gasteiger partial charge in [0.25, 0.3) is 0 Å². The molecule has 0 radical (unpaired) electrons. The van der Waals surface area contributed by atoms with Crippen molar-refractivity contribution in [2.45, 2.75) is 52.4 Å². The summed E-state index contributed by atoms with van der Waals surface area (Å²) in [5, 5.41) is 2.46. The van der Waals surface area contributed by atoms with Crippen LogP contribution in [0.25, 0.3) is 58.4 Å². The van der Waals surface area contributed by atoms with Crippen molar-refractivity contribution in [3.63, 3.8) is 0 Å². The van der Waals surface area contributed by atoms with Gasteiger partial charge in [-0.2, -0.15) is 0 Å². The Labute approximate surface area is 370 Å². The first kappa shape index (κ1) is 41.7. The predicted octanol–water partition coefficient (Wildman–Crippen LogP) is 17.0. The van der Waals surface area contributed by atoms with E-state index in [0.29, 0.717) is 0 Å². The Kier molecular flexibility index (Phi) is 12.3. The fourth-order valence-corrected chi connectivity index (χ4v) is 7.95. The van der Waals surface area contributed by atoms with Gasteiger partial charge in [0.15, 0.2) is 0 Å². The van der Waals surface area contributed by atoms with Gasteiger partial charge in [0, 0.05) is 0 Å². The van der Waals surface area contributed by atoms with Crippen LogP contribution in [0.2, 0.25) is 0 Å². The monoisotopic (exact) mass is 800 g/mol. The molecule has 0 nitrogen and oxygen atoms in total. The highest BCUT2D eigenvalue weighted by Crippen LogP contribution is 2.32. The van der Waals surface area contributed by atoms with E-state index < -0.39 is 0 Å². The lowest BCUT2D eigenvalue weighted by atomic mass is 9.85. The van der Waals surface area contributed by atoms with E-state index in [1.54, 1.807) is 0 Å². The van der Waals surface area contributed by atoms with Crippen LogP contribution in [-0.2, 0) is 10.8 Å². The van der Waals surface area contributed by atoms with E-state index in [1.165, 1.54) is 77.6 Å². The number of benzene rings is 8. The minimum atomic E-state index is 0.112. The Hall–Kier alpha value is -7.02. The molecule has 0 aliphatic heterocycles. The molecule has 0 aromatic heterocycles. The smallest absolute Gasteiger partial charge is 0.0105 e. The molecule has 0 N–H and O–H groups in total. The van der Waals surface area contributed by atoms with Crippen molar-refractivity contribution in [1.29, 1.82) is 0 Å². The number of fused-ring (bicyclic) bond motifs is 1. The van der Waals surface area contributed by atoms with Crippen LogP contribution < -0.4 is 0 Å². The minimum Gasteiger partial charge on any atom is -0.0622 e. The van der Waals surface area contributed by atoms with Crippen LogP contribution in [0.5, 0.6) is 0 Å². The van der Waals surface area contributed by atoms with Crippen LogP contribution in [0.1, 0.15) is 108 Å². The lowest BCUT2D eigenvalue weighted by molar-refractivity contribution is 0.590. The Balaban J connectivity index is 1.05. The summed E-state index contributed by atoms with van der Waals surface area (Å²) >= 11 is 0. The average Bonchev–Trinajstić information content (AvgIpc) is 3.29. The Morgan fingerprint density at radius 3 is 1.16 bits per heavy atom. The van der Waals surface area contributed by atoms with Crippen molar-refractivity contribution in [2.24, 2.45) is 0 Å². The lowest BCUT2D eigenvalue weighted by Crippen LogP contribution is -2.10. The molecule has 0 aliphatic rings. The van der Waals surface area contributed by atoms with Crippen molar-refractivity contribution >= 4 is 58.4 Å². The Morgan fingerprint density at radius 1 is 0.323 bits per heavy atom. The van der Waals surface area contributed by atoms with Crippen LogP contribution in [-0.4, -0.2) is 0 Å². The van der Waals surface area contributed by atoms with E-state index in [4.69, 9.17) is 0 Å². The first-order valence-electron chi connectivity index (χ1n) is 21.8. The largest absolute Gasteiger partial charge is 0.0622 e. The van der Waals surface area contributed by atoms with Crippen LogP contribution in [0.4, 0.5) is 0 Å². The fourth-order valence-electron chi connectivity index (χ4n) is 7.95. The second kappa shape index (κ2) is 18.3. The van der Waals surface area contributed by atoms with E-state index in [9.17, 15) is 0 Å². The van der Waals surface area contributed by atoms with E-state index in [1.807, 2.05) is 0 Å². The van der Waals surface area contributed by atoms with Gasteiger partial charge >= 0.3 is 0 Å². The summed E-state index contributed by atoms with van der Waals surface area (Å²) in [6, 6.07) is 70.3. The van der Waals surface area contributed by atoms with Gasteiger partial charge in [-0.25, -0.2) is 0 Å². The first-order valence-corrected chi connectivity index (χ1v) is 21.8. The molecule has 0 bridgehead atoms. The third-order valence-electron chi connectivity index (χ3n) is 11.7. The molecule has 0 unspecified atom stereocenters. The quantitative estimate of drug-likeness (QED) is 0.121. The zero-order chi connectivity index (χ0) is 43.1. The molecule has 0 atom stereocenters. The highest BCUT2D eigenvalue weighted by Gasteiger charge is 2.16. The molecule has 0 amide bonds. The normalized spacial score (nSPS) is 12.7. The number of rotatable bonds is 10. The first-order chi connectivity index (χ1) is 30.0. The molecular weight excluding hydrogens is 745 g/mol. The molecule has 62 heavy (non-hydrogen) atoms. The van der Waals surface area contributed by atoms with Gasteiger partial charge in [0.2, 0.25) is 0 Å². The summed E-state index contributed by atoms with van der Waals surface area (Å²) < 4.78 is 0. The molecule has 0 aliphatic carbocycles. The van der Waals surface area contributed by atoms with Gasteiger partial charge in [-0.1, -0.05) is 260 Å². The van der Waals surface area contributed by atoms with Crippen LogP contribution in [0.3, 0.4) is 0 Å². The van der Waals surface area contributed by atoms with E-state index >= 15 is 0 Å². The highest BCUT2D eigenvalue weighted by atomic mass is 14.2. The molecule has 0 fully saturated rings. The summed E-state index contributed by atoms with van der Waals surface area (Å²) in [7, 11) is 0. The van der Waals surface area contributed by atoms with Gasteiger partial charge in [0.1, 0.15) is 0 Å². The zero-order valence-corrected chi connectivity index (χ0v) is 36.9. The molecule has 0 spiro atoms. The van der Waals surface area contributed by atoms with E-state index in [-0.39, 0.29) is 10.8 Å². The number of hydrogen-bond donors (Lipinski definition) is 0. The second-order valence-corrected chi connectivity index (χ2v) is 18.3. The third kappa shape index (κ3) is 10.1. The third-order valence-corrected chi connectivity index (χ3v) is 11.7. The molecular formula is C62H56. The fraction of sp³-hybridized carbons (Fsp3) is 0.129. The molecule has 0 saturated carbocycles. The standard InChI is InChI=1S/C62H56/c1-61(2,3)55-38-34-53(35-39-55)59(49-15-9-7-10-16-49)43-47-25-21-45(22-26-47)29-31-52-33-32-51-19-13-14-20-57(51)58(52)42-30-46-23-27-48(28-24-46)44-60(50-17-11-8-12-18-50)54-36-40-56(41-37-54)62(4,5)6/h7-44H,1-6H3/b31-29-,42-30-,59-43-,60-44-. The topological polar surface area (TPSA) is 0 Å². The maximum absolute atomic E-state index is 2.30. The number of hydrogen-bond acceptors (Lipinski definition) is 0. The van der Waals surface area contributed by atoms with Crippen LogP contribution >= 0.6 is 0 Å². The molecule has 8 aromatic carbocycles. The molecule has 8 aromatic rings. The zero-order valence-electron chi connectivity index (χ0n) is 36.9. The van der Waals surface area contributed by atoms with E-state index in [2.05, 4.69) is 272 Å². The molecule has 0 saturated heterocycles. The Bertz CT molecular complexity index is 2870. The summed E-state index contributed by atoms with van der Waals surface area (Å²) in [5.74, 6) is 0. The van der Waals surface area contributed by atoms with Crippen molar-refractivity contribution in [3.8, 4) is 0 Å². The van der Waals surface area contributed by atoms with Crippen molar-refractivity contribution < 1.29 is 0 Å². The highest BCUT2D eigenvalue weighted by molar-refractivity contribution is 5.98. The SMILES string of the molecule is CC(C)(C)c1ccc(/C(=C\c2ccc(/C=C\c3ccc4ccccc4c3/C=C\c3ccc(/C=C(/c4ccccc4)c4ccc(C(C)(C)C)cc4)cc3)cc2)c2ccccc2)cc1. The summed E-state index contributed by atoms with van der Waals surface area (Å²) in [5.41, 5.74) is 17.2. The molecule has 0 heteroatoms. The van der Waals surface area contributed by atoms with Crippen LogP contribution in [0.15, 0.2) is 194 Å². The summed E-state index contributed by atoms with van der Waals surface area (Å²) in [4.78, 5) is 0. The van der Waals surface area contributed by atoms with Crippen molar-refractivity contribution in [3.05, 3.63) is 261 Å². The van der Waals surface area contributed by atoms with Crippen molar-refractivity contribution in [1.82, 2.24) is 0 Å². The van der Waals surface area contributed by atoms with Gasteiger partial charge in [-0.3, -0.25) is 0 Å². The average molecular weight is 801 g/mol. The lowest BCUT2D eigenvalue weighted by Gasteiger charge is -2.19. The van der Waals surface area contributed by atoms with Gasteiger partial charge in [0.05, 0.1) is 0 Å². The van der Waals surface area contributed by atoms with Gasteiger partial charge in [-0.15, -0.1) is 0 Å². The molecule has 0 heterocycles. The summed E-state index contributed by atoms with van der Waals surface area (Å²) in [6.07, 6.45) is 13.6. The van der Waals surface area contributed by atoms with Crippen molar-refractivity contribution in [2.75, 3.05) is 0 Å². The minimum absolute atomic E-state index is 0.112. The van der Waals surface area contributed by atoms with E-state index in [0.717, 1.165) is 11.1 Å². The second-order valence-electron chi connectivity index (χ2n) is 18.3. The molecule has 8 rings (SSSR count). The maximum Gasteiger partial charge on any atom is -0.0105 e. The summed E-state index contributed by atoms with van der Waals surface area (Å²) in [6.45, 7) is 13.6. The van der Waals surface area contributed by atoms with Gasteiger partial charge in [-0.05, 0) is 112 Å². The predicted molar refractivity (Wildman–Crippen MR) is 272 cm³/mol.